The molecular weight excluding hydrogens is 583 g/mol. The number of piperazine rings is 1. The third-order valence-electron chi connectivity index (χ3n) is 9.03. The van der Waals surface area contributed by atoms with Crippen molar-refractivity contribution < 1.29 is 13.9 Å². The summed E-state index contributed by atoms with van der Waals surface area (Å²) in [6.45, 7) is 14.2. The number of rotatable bonds is 9. The Hall–Kier alpha value is -4.01. The van der Waals surface area contributed by atoms with Gasteiger partial charge in [0.2, 0.25) is 6.54 Å². The Bertz CT molecular complexity index is 1600. The molecule has 0 N–H and O–H groups in total. The number of amides is 1. The van der Waals surface area contributed by atoms with Crippen molar-refractivity contribution in [2.24, 2.45) is 0 Å². The summed E-state index contributed by atoms with van der Waals surface area (Å²) in [5.41, 5.74) is 2.81. The quantitative estimate of drug-likeness (QED) is 0.256. The Labute approximate surface area is 261 Å². The third-order valence-corrected chi connectivity index (χ3v) is 9.34. The first kappa shape index (κ1) is 30.0. The van der Waals surface area contributed by atoms with E-state index in [4.69, 9.17) is 32.9 Å². The number of anilines is 2. The summed E-state index contributed by atoms with van der Waals surface area (Å²) in [5.74, 6) is -1.04. The van der Waals surface area contributed by atoms with Gasteiger partial charge in [-0.2, -0.15) is 9.97 Å². The molecule has 1 amide bonds. The molecule has 3 aliphatic rings. The van der Waals surface area contributed by atoms with Gasteiger partial charge in [-0.25, -0.2) is 11.0 Å². The number of benzene rings is 1. The van der Waals surface area contributed by atoms with E-state index in [0.29, 0.717) is 56.3 Å². The van der Waals surface area contributed by atoms with E-state index in [9.17, 15) is 9.18 Å². The Morgan fingerprint density at radius 3 is 2.82 bits per heavy atom. The Morgan fingerprint density at radius 1 is 1.23 bits per heavy atom. The fourth-order valence-electron chi connectivity index (χ4n) is 6.35. The number of ether oxygens (including phenoxy) is 1. The van der Waals surface area contributed by atoms with Gasteiger partial charge >= 0.3 is 6.01 Å². The van der Waals surface area contributed by atoms with Gasteiger partial charge < -0.3 is 29.2 Å². The van der Waals surface area contributed by atoms with Crippen molar-refractivity contribution in [1.29, 1.82) is 0 Å². The average Bonchev–Trinajstić information content (AvgIpc) is 2.99. The molecule has 0 spiro atoms. The number of likely N-dealkylation sites (N-methyl/N-ethyl adjacent to an activating group) is 1. The second-order valence-corrected chi connectivity index (χ2v) is 12.1. The Balaban J connectivity index is 1.30. The van der Waals surface area contributed by atoms with E-state index in [2.05, 4.69) is 38.2 Å². The molecule has 3 aromatic rings. The minimum Gasteiger partial charge on any atom is -0.462 e. The predicted molar refractivity (Wildman–Crippen MR) is 169 cm³/mol. The molecule has 230 valence electrons. The maximum Gasteiger partial charge on any atom is 0.318 e. The fraction of sp³-hybridized carbons (Fsp3) is 0.469. The van der Waals surface area contributed by atoms with Crippen LogP contribution in [0.15, 0.2) is 43.0 Å². The molecule has 0 unspecified atom stereocenters. The first-order valence-corrected chi connectivity index (χ1v) is 15.5. The lowest BCUT2D eigenvalue weighted by molar-refractivity contribution is -0.131. The van der Waals surface area contributed by atoms with Crippen LogP contribution >= 0.6 is 11.6 Å². The van der Waals surface area contributed by atoms with Gasteiger partial charge in [0.05, 0.1) is 29.1 Å². The van der Waals surface area contributed by atoms with Crippen LogP contribution in [0, 0.1) is 6.57 Å². The molecule has 1 saturated carbocycles. The zero-order valence-corrected chi connectivity index (χ0v) is 25.6. The topological polar surface area (TPSA) is 82.3 Å². The molecule has 1 saturated heterocycles. The second-order valence-electron chi connectivity index (χ2n) is 11.7. The average molecular weight is 619 g/mol. The summed E-state index contributed by atoms with van der Waals surface area (Å²) in [5, 5.41) is 2.59. The maximum absolute atomic E-state index is 13.8. The summed E-state index contributed by atoms with van der Waals surface area (Å²) in [4.78, 5) is 38.4. The van der Waals surface area contributed by atoms with Crippen molar-refractivity contribution in [2.75, 3.05) is 62.7 Å². The zero-order valence-electron chi connectivity index (χ0n) is 24.9. The van der Waals surface area contributed by atoms with Crippen LogP contribution in [-0.2, 0) is 17.8 Å². The lowest BCUT2D eigenvalue weighted by atomic mass is 9.92. The smallest absolute Gasteiger partial charge is 0.318 e. The van der Waals surface area contributed by atoms with Crippen LogP contribution in [-0.4, -0.2) is 95.7 Å². The second kappa shape index (κ2) is 12.9. The highest BCUT2D eigenvalue weighted by Gasteiger charge is 2.36. The lowest BCUT2D eigenvalue weighted by Crippen LogP contribution is -2.57. The number of nitrogens with zero attached hydrogens (tertiary/aromatic N) is 8. The largest absolute Gasteiger partial charge is 0.462 e. The van der Waals surface area contributed by atoms with E-state index in [1.54, 1.807) is 0 Å². The zero-order chi connectivity index (χ0) is 30.8. The van der Waals surface area contributed by atoms with Crippen LogP contribution in [0.2, 0.25) is 5.02 Å². The molecule has 12 heteroatoms. The third kappa shape index (κ3) is 6.01. The summed E-state index contributed by atoms with van der Waals surface area (Å²) < 4.78 is 20.0. The van der Waals surface area contributed by atoms with Crippen LogP contribution in [0.3, 0.4) is 0 Å². The van der Waals surface area contributed by atoms with Crippen LogP contribution in [0.25, 0.3) is 15.6 Å². The summed E-state index contributed by atoms with van der Waals surface area (Å²) >= 11 is 6.66. The number of hydrogen-bond acceptors (Lipinski definition) is 8. The number of pyridine rings is 1. The van der Waals surface area contributed by atoms with Crippen molar-refractivity contribution in [3.63, 3.8) is 0 Å². The Kier molecular flexibility index (Phi) is 8.82. The van der Waals surface area contributed by atoms with Crippen LogP contribution in [0.4, 0.5) is 15.9 Å². The molecular formula is C32H36ClFN8O2. The van der Waals surface area contributed by atoms with Crippen molar-refractivity contribution in [3.8, 4) is 6.01 Å². The molecule has 1 atom stereocenters. The molecule has 10 nitrogen and oxygen atoms in total. The number of carbonyl (C=O) groups excluding carboxylic acids is 1. The van der Waals surface area contributed by atoms with Crippen molar-refractivity contribution in [2.45, 2.75) is 44.3 Å². The van der Waals surface area contributed by atoms with Gasteiger partial charge in [-0.15, -0.1) is 0 Å². The van der Waals surface area contributed by atoms with Crippen LogP contribution < -0.4 is 14.5 Å². The lowest BCUT2D eigenvalue weighted by Gasteiger charge is -2.41. The highest BCUT2D eigenvalue weighted by atomic mass is 35.5. The number of carbonyl (C=O) groups is 1. The molecule has 2 fully saturated rings. The predicted octanol–water partition coefficient (Wildman–Crippen LogP) is 4.52. The number of halogens is 2. The maximum atomic E-state index is 13.8. The summed E-state index contributed by atoms with van der Waals surface area (Å²) in [6, 6.07) is 6.23. The van der Waals surface area contributed by atoms with Gasteiger partial charge in [-0.3, -0.25) is 9.78 Å². The molecule has 6 rings (SSSR count). The molecule has 0 radical (unpaired) electrons. The molecule has 0 bridgehead atoms. The molecule has 1 aliphatic carbocycles. The van der Waals surface area contributed by atoms with E-state index in [1.165, 1.54) is 24.2 Å². The van der Waals surface area contributed by atoms with Crippen LogP contribution in [0.1, 0.15) is 30.5 Å². The molecule has 1 aromatic carbocycles. The summed E-state index contributed by atoms with van der Waals surface area (Å²) in [6.07, 6.45) is 8.04. The minimum atomic E-state index is -1.02. The van der Waals surface area contributed by atoms with E-state index in [-0.39, 0.29) is 13.1 Å². The first-order valence-electron chi connectivity index (χ1n) is 15.1. The highest BCUT2D eigenvalue weighted by Crippen LogP contribution is 2.37. The van der Waals surface area contributed by atoms with Gasteiger partial charge in [-0.05, 0) is 32.4 Å². The minimum absolute atomic E-state index is 0.0578. The fourth-order valence-corrected chi connectivity index (χ4v) is 6.63. The van der Waals surface area contributed by atoms with Crippen molar-refractivity contribution >= 4 is 39.8 Å². The first-order chi connectivity index (χ1) is 21.3. The van der Waals surface area contributed by atoms with Crippen molar-refractivity contribution in [3.05, 3.63) is 70.7 Å². The van der Waals surface area contributed by atoms with E-state index in [1.807, 2.05) is 30.6 Å². The van der Waals surface area contributed by atoms with Gasteiger partial charge in [0.15, 0.2) is 5.83 Å². The van der Waals surface area contributed by atoms with E-state index >= 15 is 0 Å². The van der Waals surface area contributed by atoms with E-state index in [0.717, 1.165) is 40.1 Å². The van der Waals surface area contributed by atoms with Gasteiger partial charge in [0.1, 0.15) is 18.5 Å². The van der Waals surface area contributed by atoms with Crippen molar-refractivity contribution in [1.82, 2.24) is 24.8 Å². The normalized spacial score (nSPS) is 18.6. The molecule has 2 aliphatic heterocycles. The van der Waals surface area contributed by atoms with E-state index < -0.39 is 17.8 Å². The standard InChI is InChI=1S/C32H36ClFN8O2/c1-21(34)31(43)42-13-12-41(19-24(42)17-35-2)30-25-10-11-40(28-18-36-16-22-6-4-9-26(33)29(22)28)20-27(25)37-32(38-30)44-15-14-39(3)23-7-5-8-23/h4,6,9,16,18,23-24H,1,5,7-8,10-15,17,19-20H2,3H3/t24-/m0/s1. The van der Waals surface area contributed by atoms with Crippen LogP contribution in [0.5, 0.6) is 6.01 Å². The monoisotopic (exact) mass is 618 g/mol. The number of fused-ring (bicyclic) bond motifs is 2. The molecule has 44 heavy (non-hydrogen) atoms. The molecule has 4 heterocycles. The number of aromatic nitrogens is 3. The molecule has 2 aromatic heterocycles. The van der Waals surface area contributed by atoms with Gasteiger partial charge in [0, 0.05) is 61.3 Å². The number of hydrogen-bond donors (Lipinski definition) is 0. The Morgan fingerprint density at radius 2 is 2.07 bits per heavy atom. The highest BCUT2D eigenvalue weighted by molar-refractivity contribution is 6.36. The van der Waals surface area contributed by atoms with Gasteiger partial charge in [0.25, 0.3) is 5.91 Å². The van der Waals surface area contributed by atoms with Gasteiger partial charge in [-0.1, -0.05) is 36.7 Å². The summed E-state index contributed by atoms with van der Waals surface area (Å²) in [7, 11) is 2.12. The SMILES string of the molecule is [C-]#[N+]C[C@H]1CN(c2nc(OCCN(C)C3CCC3)nc3c2CCN(c2cncc4cccc(Cl)c24)C3)CCN1C(=O)C(=C)F.